The van der Waals surface area contributed by atoms with Gasteiger partial charge >= 0.3 is 5.97 Å². The SMILES string of the molecule is Cc1ccc(CC(Oc2ccc(C(=O)O)c(O)c2)=S=O)cc1. The number of carbonyl (C=O) groups is 1. The molecule has 0 aliphatic heterocycles. The Balaban J connectivity index is 2.14. The zero-order valence-corrected chi connectivity index (χ0v) is 12.6. The predicted octanol–water partition coefficient (Wildman–Crippen LogP) is 2.36. The van der Waals surface area contributed by atoms with E-state index in [-0.39, 0.29) is 27.6 Å². The van der Waals surface area contributed by atoms with Crippen molar-refractivity contribution in [3.05, 3.63) is 59.2 Å². The molecule has 2 aromatic carbocycles. The highest BCUT2D eigenvalue weighted by Crippen LogP contribution is 2.24. The number of hydrogen-bond acceptors (Lipinski definition) is 4. The lowest BCUT2D eigenvalue weighted by atomic mass is 10.1. The lowest BCUT2D eigenvalue weighted by Gasteiger charge is -2.08. The van der Waals surface area contributed by atoms with Crippen LogP contribution in [0.4, 0.5) is 0 Å². The molecule has 0 atom stereocenters. The smallest absolute Gasteiger partial charge is 0.339 e. The summed E-state index contributed by atoms with van der Waals surface area (Å²) in [5.74, 6) is -1.42. The van der Waals surface area contributed by atoms with E-state index in [1.165, 1.54) is 18.2 Å². The van der Waals surface area contributed by atoms with Crippen molar-refractivity contribution in [2.24, 2.45) is 0 Å². The van der Waals surface area contributed by atoms with E-state index in [0.29, 0.717) is 6.42 Å². The summed E-state index contributed by atoms with van der Waals surface area (Å²) in [6.45, 7) is 1.97. The van der Waals surface area contributed by atoms with Gasteiger partial charge in [0.1, 0.15) is 28.3 Å². The van der Waals surface area contributed by atoms with Crippen LogP contribution < -0.4 is 4.74 Å². The molecular weight excluding hydrogens is 304 g/mol. The van der Waals surface area contributed by atoms with E-state index in [1.807, 2.05) is 31.2 Å². The summed E-state index contributed by atoms with van der Waals surface area (Å²) in [5.41, 5.74) is 1.83. The molecule has 0 fully saturated rings. The van der Waals surface area contributed by atoms with Gasteiger partial charge < -0.3 is 14.9 Å². The maximum absolute atomic E-state index is 11.2. The van der Waals surface area contributed by atoms with Gasteiger partial charge in [0.05, 0.1) is 0 Å². The molecule has 2 N–H and O–H groups in total. The number of benzene rings is 2. The number of aryl methyl sites for hydroxylation is 1. The number of aromatic carboxylic acids is 1. The lowest BCUT2D eigenvalue weighted by Crippen LogP contribution is -2.12. The fourth-order valence-corrected chi connectivity index (χ4v) is 2.20. The van der Waals surface area contributed by atoms with Crippen molar-refractivity contribution in [2.45, 2.75) is 13.3 Å². The normalized spacial score (nSPS) is 10.0. The van der Waals surface area contributed by atoms with Gasteiger partial charge in [-0.3, -0.25) is 0 Å². The molecule has 6 heteroatoms. The third-order valence-electron chi connectivity index (χ3n) is 2.99. The van der Waals surface area contributed by atoms with Crippen LogP contribution in [0.25, 0.3) is 0 Å². The van der Waals surface area contributed by atoms with E-state index in [2.05, 4.69) is 0 Å². The van der Waals surface area contributed by atoms with Crippen LogP contribution in [0.3, 0.4) is 0 Å². The second-order valence-corrected chi connectivity index (χ2v) is 5.33. The molecule has 0 heterocycles. The number of carboxylic acid groups (broad SMARTS) is 1. The van der Waals surface area contributed by atoms with Crippen molar-refractivity contribution in [3.63, 3.8) is 0 Å². The minimum absolute atomic E-state index is 0.214. The Morgan fingerprint density at radius 2 is 1.86 bits per heavy atom. The number of phenols is 1. The zero-order valence-electron chi connectivity index (χ0n) is 11.8. The monoisotopic (exact) mass is 318 g/mol. The van der Waals surface area contributed by atoms with Crippen molar-refractivity contribution in [1.82, 2.24) is 0 Å². The van der Waals surface area contributed by atoms with E-state index in [9.17, 15) is 14.1 Å². The predicted molar refractivity (Wildman–Crippen MR) is 83.7 cm³/mol. The molecule has 2 aromatic rings. The molecule has 0 saturated heterocycles. The Bertz CT molecular complexity index is 746. The van der Waals surface area contributed by atoms with Crippen LogP contribution in [-0.4, -0.2) is 25.4 Å². The fraction of sp³-hybridized carbons (Fsp3) is 0.125. The fourth-order valence-electron chi connectivity index (χ4n) is 1.84. The van der Waals surface area contributed by atoms with Crippen molar-refractivity contribution in [3.8, 4) is 11.5 Å². The molecule has 0 bridgehead atoms. The maximum atomic E-state index is 11.2. The van der Waals surface area contributed by atoms with E-state index >= 15 is 0 Å². The van der Waals surface area contributed by atoms with E-state index in [0.717, 1.165) is 11.1 Å². The van der Waals surface area contributed by atoms with Crippen LogP contribution in [0.5, 0.6) is 11.5 Å². The molecule has 0 amide bonds. The second-order valence-electron chi connectivity index (χ2n) is 4.70. The van der Waals surface area contributed by atoms with Crippen molar-refractivity contribution in [2.75, 3.05) is 0 Å². The van der Waals surface area contributed by atoms with Crippen LogP contribution >= 0.6 is 0 Å². The number of aromatic hydroxyl groups is 1. The molecule has 0 spiro atoms. The van der Waals surface area contributed by atoms with Crippen LogP contribution in [0.2, 0.25) is 0 Å². The number of rotatable bonds is 4. The molecule has 0 aliphatic carbocycles. The Kier molecular flexibility index (Phi) is 4.95. The molecule has 2 rings (SSSR count). The maximum Gasteiger partial charge on any atom is 0.339 e. The quantitative estimate of drug-likeness (QED) is 0.846. The highest BCUT2D eigenvalue weighted by atomic mass is 32.1. The van der Waals surface area contributed by atoms with Crippen molar-refractivity contribution >= 4 is 22.3 Å². The molecule has 0 radical (unpaired) electrons. The van der Waals surface area contributed by atoms with Crippen LogP contribution in [-0.2, 0) is 17.7 Å². The zero-order chi connectivity index (χ0) is 16.1. The van der Waals surface area contributed by atoms with Crippen molar-refractivity contribution in [1.29, 1.82) is 0 Å². The lowest BCUT2D eigenvalue weighted by molar-refractivity contribution is 0.0693. The number of ether oxygens (including phenoxy) is 1. The van der Waals surface area contributed by atoms with E-state index < -0.39 is 11.7 Å². The first-order valence-corrected chi connectivity index (χ1v) is 7.19. The van der Waals surface area contributed by atoms with Crippen LogP contribution in [0, 0.1) is 6.92 Å². The largest absolute Gasteiger partial charge is 0.507 e. The first-order valence-electron chi connectivity index (χ1n) is 6.45. The van der Waals surface area contributed by atoms with Crippen LogP contribution in [0.15, 0.2) is 42.5 Å². The second kappa shape index (κ2) is 6.91. The molecule has 0 aromatic heterocycles. The topological polar surface area (TPSA) is 83.8 Å². The Morgan fingerprint density at radius 3 is 2.41 bits per heavy atom. The molecule has 0 unspecified atom stereocenters. The summed E-state index contributed by atoms with van der Waals surface area (Å²) in [6, 6.07) is 11.5. The average Bonchev–Trinajstić information content (AvgIpc) is 2.48. The summed E-state index contributed by atoms with van der Waals surface area (Å²) in [6.07, 6.45) is 0.329. The minimum atomic E-state index is -1.23. The third kappa shape index (κ3) is 3.95. The number of hydrogen-bond donors (Lipinski definition) is 2. The Labute approximate surface area is 130 Å². The molecular formula is C16H14O5S. The molecule has 114 valence electrons. The minimum Gasteiger partial charge on any atom is -0.507 e. The highest BCUT2D eigenvalue weighted by molar-refractivity contribution is 7.66. The average molecular weight is 318 g/mol. The standard InChI is InChI=1S/C16H14O5S/c1-10-2-4-11(5-3-10)8-15(22-20)21-12-6-7-13(16(18)19)14(17)9-12/h2-7,9,17H,8H2,1H3,(H,18,19). The first-order chi connectivity index (χ1) is 10.5. The number of carboxylic acids is 1. The van der Waals surface area contributed by atoms with E-state index in [4.69, 9.17) is 9.84 Å². The summed E-state index contributed by atoms with van der Waals surface area (Å²) < 4.78 is 16.6. The van der Waals surface area contributed by atoms with Gasteiger partial charge in [-0.25, -0.2) is 9.00 Å². The first kappa shape index (κ1) is 15.8. The Hall–Kier alpha value is -2.60. The molecule has 0 aliphatic rings. The van der Waals surface area contributed by atoms with Gasteiger partial charge in [0.25, 0.3) is 0 Å². The molecule has 22 heavy (non-hydrogen) atoms. The van der Waals surface area contributed by atoms with Gasteiger partial charge in [-0.05, 0) is 24.6 Å². The summed E-state index contributed by atoms with van der Waals surface area (Å²) >= 11 is 0.227. The van der Waals surface area contributed by atoms with Gasteiger partial charge in [-0.1, -0.05) is 29.8 Å². The third-order valence-corrected chi connectivity index (χ3v) is 3.41. The Morgan fingerprint density at radius 1 is 1.18 bits per heavy atom. The van der Waals surface area contributed by atoms with Gasteiger partial charge in [0, 0.05) is 12.5 Å². The van der Waals surface area contributed by atoms with Gasteiger partial charge in [0.2, 0.25) is 5.05 Å². The van der Waals surface area contributed by atoms with Gasteiger partial charge in [0.15, 0.2) is 0 Å². The molecule has 0 saturated carbocycles. The summed E-state index contributed by atoms with van der Waals surface area (Å²) in [5, 5.41) is 18.7. The summed E-state index contributed by atoms with van der Waals surface area (Å²) in [4.78, 5) is 10.8. The van der Waals surface area contributed by atoms with Gasteiger partial charge in [-0.2, -0.15) is 0 Å². The summed E-state index contributed by atoms with van der Waals surface area (Å²) in [7, 11) is 0. The molecule has 5 nitrogen and oxygen atoms in total. The van der Waals surface area contributed by atoms with Gasteiger partial charge in [-0.15, -0.1) is 0 Å². The van der Waals surface area contributed by atoms with Crippen molar-refractivity contribution < 1.29 is 24.0 Å². The highest BCUT2D eigenvalue weighted by Gasteiger charge is 2.12. The van der Waals surface area contributed by atoms with E-state index in [1.54, 1.807) is 0 Å². The van der Waals surface area contributed by atoms with Crippen LogP contribution in [0.1, 0.15) is 21.5 Å².